The smallest absolute Gasteiger partial charge is 0.0584 e. The maximum absolute atomic E-state index is 8.97. The molecule has 2 aliphatic rings. The van der Waals surface area contributed by atoms with Crippen LogP contribution < -0.4 is 5.32 Å². The number of likely N-dealkylation sites (tertiary alicyclic amines) is 1. The summed E-state index contributed by atoms with van der Waals surface area (Å²) in [5, 5.41) is 12.3. The molecule has 0 aromatic rings. The molecule has 0 aliphatic carbocycles. The van der Waals surface area contributed by atoms with Gasteiger partial charge in [-0.1, -0.05) is 0 Å². The van der Waals surface area contributed by atoms with Gasteiger partial charge in [-0.3, -0.25) is 0 Å². The minimum atomic E-state index is 0.302. The molecule has 0 saturated carbocycles. The second-order valence-electron chi connectivity index (χ2n) is 4.40. The van der Waals surface area contributed by atoms with Gasteiger partial charge in [0.25, 0.3) is 0 Å². The van der Waals surface area contributed by atoms with Crippen LogP contribution in [0.2, 0.25) is 0 Å². The van der Waals surface area contributed by atoms with Crippen LogP contribution in [0.3, 0.4) is 0 Å². The average Bonchev–Trinajstić information content (AvgIpc) is 2.76. The highest BCUT2D eigenvalue weighted by Crippen LogP contribution is 2.17. The lowest BCUT2D eigenvalue weighted by molar-refractivity contribution is 0.245. The van der Waals surface area contributed by atoms with Gasteiger partial charge in [-0.2, -0.15) is 0 Å². The van der Waals surface area contributed by atoms with Crippen molar-refractivity contribution in [2.24, 2.45) is 5.92 Å². The maximum Gasteiger partial charge on any atom is 0.0584 e. The molecule has 13 heavy (non-hydrogen) atoms. The van der Waals surface area contributed by atoms with Crippen LogP contribution in [0.15, 0.2) is 0 Å². The van der Waals surface area contributed by atoms with Crippen LogP contribution in [0.1, 0.15) is 19.3 Å². The van der Waals surface area contributed by atoms with Gasteiger partial charge in [-0.25, -0.2) is 0 Å². The van der Waals surface area contributed by atoms with Gasteiger partial charge < -0.3 is 15.3 Å². The van der Waals surface area contributed by atoms with Crippen LogP contribution in [-0.4, -0.2) is 48.8 Å². The predicted octanol–water partition coefficient (Wildman–Crippen LogP) is 0.0526. The first kappa shape index (κ1) is 9.44. The van der Waals surface area contributed by atoms with Crippen molar-refractivity contribution in [3.63, 3.8) is 0 Å². The summed E-state index contributed by atoms with van der Waals surface area (Å²) >= 11 is 0. The van der Waals surface area contributed by atoms with Crippen molar-refractivity contribution in [1.29, 1.82) is 0 Å². The first-order valence-electron chi connectivity index (χ1n) is 5.45. The Hall–Kier alpha value is -0.120. The third-order valence-electron chi connectivity index (χ3n) is 3.25. The normalized spacial score (nSPS) is 35.8. The number of nitrogens with one attached hydrogen (secondary N) is 1. The molecule has 2 saturated heterocycles. The number of rotatable bonds is 3. The summed E-state index contributed by atoms with van der Waals surface area (Å²) < 4.78 is 0. The monoisotopic (exact) mass is 184 g/mol. The van der Waals surface area contributed by atoms with Crippen molar-refractivity contribution in [1.82, 2.24) is 10.2 Å². The predicted molar refractivity (Wildman–Crippen MR) is 52.7 cm³/mol. The molecule has 76 valence electrons. The highest BCUT2D eigenvalue weighted by molar-refractivity contribution is 4.83. The van der Waals surface area contributed by atoms with E-state index in [1.54, 1.807) is 0 Å². The van der Waals surface area contributed by atoms with Crippen LogP contribution >= 0.6 is 0 Å². The first-order valence-corrected chi connectivity index (χ1v) is 5.45. The third kappa shape index (κ3) is 2.42. The fourth-order valence-corrected chi connectivity index (χ4v) is 2.51. The van der Waals surface area contributed by atoms with Gasteiger partial charge in [0.2, 0.25) is 0 Å². The number of hydrogen-bond acceptors (Lipinski definition) is 3. The Kier molecular flexibility index (Phi) is 3.19. The summed E-state index contributed by atoms with van der Waals surface area (Å²) in [4.78, 5) is 2.56. The lowest BCUT2D eigenvalue weighted by atomic mass is 10.1. The molecule has 0 bridgehead atoms. The van der Waals surface area contributed by atoms with E-state index in [-0.39, 0.29) is 0 Å². The van der Waals surface area contributed by atoms with Crippen molar-refractivity contribution < 1.29 is 5.11 Å². The van der Waals surface area contributed by atoms with Crippen molar-refractivity contribution in [2.75, 3.05) is 32.8 Å². The van der Waals surface area contributed by atoms with Gasteiger partial charge >= 0.3 is 0 Å². The van der Waals surface area contributed by atoms with E-state index in [0.29, 0.717) is 12.6 Å². The second kappa shape index (κ2) is 4.40. The summed E-state index contributed by atoms with van der Waals surface area (Å²) in [6.45, 7) is 5.22. The zero-order valence-electron chi connectivity index (χ0n) is 8.21. The lowest BCUT2D eigenvalue weighted by Gasteiger charge is -2.18. The van der Waals surface area contributed by atoms with Crippen molar-refractivity contribution in [3.8, 4) is 0 Å². The van der Waals surface area contributed by atoms with E-state index in [0.717, 1.165) is 18.9 Å². The molecule has 3 heteroatoms. The fourth-order valence-electron chi connectivity index (χ4n) is 2.51. The molecule has 2 unspecified atom stereocenters. The van der Waals surface area contributed by atoms with Crippen LogP contribution in [0, 0.1) is 5.92 Å². The van der Waals surface area contributed by atoms with Crippen LogP contribution in [0.4, 0.5) is 0 Å². The number of nitrogens with zero attached hydrogens (tertiary/aromatic N) is 1. The summed E-state index contributed by atoms with van der Waals surface area (Å²) in [6.07, 6.45) is 3.92. The summed E-state index contributed by atoms with van der Waals surface area (Å²) in [6, 6.07) is 0.368. The lowest BCUT2D eigenvalue weighted by Crippen LogP contribution is -2.27. The van der Waals surface area contributed by atoms with Gasteiger partial charge in [0.05, 0.1) is 6.61 Å². The number of hydrogen-bond donors (Lipinski definition) is 2. The van der Waals surface area contributed by atoms with E-state index < -0.39 is 0 Å². The Bertz CT molecular complexity index is 157. The molecule has 2 rings (SSSR count). The van der Waals surface area contributed by atoms with Gasteiger partial charge in [-0.15, -0.1) is 0 Å². The molecule has 0 aromatic carbocycles. The third-order valence-corrected chi connectivity index (χ3v) is 3.25. The van der Waals surface area contributed by atoms with Crippen LogP contribution in [0.25, 0.3) is 0 Å². The van der Waals surface area contributed by atoms with Crippen molar-refractivity contribution in [2.45, 2.75) is 25.3 Å². The molecular weight excluding hydrogens is 164 g/mol. The van der Waals surface area contributed by atoms with E-state index in [1.807, 2.05) is 0 Å². The molecule has 2 N–H and O–H groups in total. The number of aliphatic hydroxyl groups excluding tert-OH is 1. The van der Waals surface area contributed by atoms with E-state index in [9.17, 15) is 0 Å². The van der Waals surface area contributed by atoms with E-state index in [1.165, 1.54) is 32.5 Å². The molecule has 0 amide bonds. The SMILES string of the molecule is OCC1CC(CN2CCCC2)CN1. The quantitative estimate of drug-likeness (QED) is 0.651. The highest BCUT2D eigenvalue weighted by atomic mass is 16.3. The zero-order valence-corrected chi connectivity index (χ0v) is 8.21. The topological polar surface area (TPSA) is 35.5 Å². The summed E-state index contributed by atoms with van der Waals surface area (Å²) in [5.74, 6) is 0.773. The molecule has 2 heterocycles. The molecule has 0 spiro atoms. The van der Waals surface area contributed by atoms with E-state index in [4.69, 9.17) is 5.11 Å². The molecule has 3 nitrogen and oxygen atoms in total. The number of aliphatic hydroxyl groups is 1. The Morgan fingerprint density at radius 1 is 1.31 bits per heavy atom. The largest absolute Gasteiger partial charge is 0.395 e. The minimum absolute atomic E-state index is 0.302. The Balaban J connectivity index is 1.70. The second-order valence-corrected chi connectivity index (χ2v) is 4.40. The Morgan fingerprint density at radius 2 is 2.08 bits per heavy atom. The molecule has 2 atom stereocenters. The molecule has 0 aromatic heterocycles. The minimum Gasteiger partial charge on any atom is -0.395 e. The van der Waals surface area contributed by atoms with Gasteiger partial charge in [0.15, 0.2) is 0 Å². The maximum atomic E-state index is 8.97. The Morgan fingerprint density at radius 3 is 2.69 bits per heavy atom. The molecular formula is C10H20N2O. The van der Waals surface area contributed by atoms with E-state index in [2.05, 4.69) is 10.2 Å². The summed E-state index contributed by atoms with van der Waals surface area (Å²) in [5.41, 5.74) is 0. The molecule has 0 radical (unpaired) electrons. The zero-order chi connectivity index (χ0) is 9.10. The van der Waals surface area contributed by atoms with Gasteiger partial charge in [0, 0.05) is 12.6 Å². The average molecular weight is 184 g/mol. The molecule has 2 aliphatic heterocycles. The standard InChI is InChI=1S/C10H20N2O/c13-8-10-5-9(6-11-10)7-12-3-1-2-4-12/h9-11,13H,1-8H2. The van der Waals surface area contributed by atoms with Gasteiger partial charge in [-0.05, 0) is 44.8 Å². The van der Waals surface area contributed by atoms with E-state index >= 15 is 0 Å². The fraction of sp³-hybridized carbons (Fsp3) is 1.00. The van der Waals surface area contributed by atoms with Crippen LogP contribution in [0.5, 0.6) is 0 Å². The summed E-state index contributed by atoms with van der Waals surface area (Å²) in [7, 11) is 0. The first-order chi connectivity index (χ1) is 6.38. The van der Waals surface area contributed by atoms with Crippen molar-refractivity contribution in [3.05, 3.63) is 0 Å². The van der Waals surface area contributed by atoms with Crippen LogP contribution in [-0.2, 0) is 0 Å². The highest BCUT2D eigenvalue weighted by Gasteiger charge is 2.25. The van der Waals surface area contributed by atoms with Crippen molar-refractivity contribution >= 4 is 0 Å². The Labute approximate surface area is 80.1 Å². The molecule has 2 fully saturated rings. The van der Waals surface area contributed by atoms with Gasteiger partial charge in [0.1, 0.15) is 0 Å².